The highest BCUT2D eigenvalue weighted by atomic mass is 35.5. The zero-order valence-electron chi connectivity index (χ0n) is 13.4. The van der Waals surface area contributed by atoms with Crippen LogP contribution in [0.5, 0.6) is 5.75 Å². The van der Waals surface area contributed by atoms with Crippen LogP contribution in [0.25, 0.3) is 0 Å². The zero-order valence-corrected chi connectivity index (χ0v) is 14.1. The molecule has 0 spiro atoms. The molecule has 1 aliphatic rings. The lowest BCUT2D eigenvalue weighted by atomic mass is 9.89. The highest BCUT2D eigenvalue weighted by Crippen LogP contribution is 2.28. The molecule has 0 aromatic heterocycles. The van der Waals surface area contributed by atoms with E-state index in [9.17, 15) is 0 Å². The Morgan fingerprint density at radius 3 is 2.70 bits per heavy atom. The molecule has 1 saturated heterocycles. The molecular formula is C19H23ClN2O. The first kappa shape index (κ1) is 16.2. The van der Waals surface area contributed by atoms with Crippen LogP contribution in [0.1, 0.15) is 5.56 Å². The van der Waals surface area contributed by atoms with Crippen molar-refractivity contribution in [3.8, 4) is 5.75 Å². The molecule has 2 aromatic carbocycles. The second-order valence-electron chi connectivity index (χ2n) is 6.10. The van der Waals surface area contributed by atoms with Gasteiger partial charge in [0.1, 0.15) is 5.75 Å². The van der Waals surface area contributed by atoms with Gasteiger partial charge in [0.05, 0.1) is 12.1 Å². The van der Waals surface area contributed by atoms with Gasteiger partial charge in [-0.1, -0.05) is 41.9 Å². The minimum atomic E-state index is 0.622. The first-order valence-electron chi connectivity index (χ1n) is 8.08. The van der Waals surface area contributed by atoms with E-state index in [1.165, 1.54) is 5.56 Å². The van der Waals surface area contributed by atoms with Crippen LogP contribution in [0.2, 0.25) is 5.02 Å². The van der Waals surface area contributed by atoms with Gasteiger partial charge in [0.25, 0.3) is 0 Å². The van der Waals surface area contributed by atoms with Crippen molar-refractivity contribution in [2.75, 3.05) is 32.1 Å². The molecule has 0 bridgehead atoms. The van der Waals surface area contributed by atoms with Crippen molar-refractivity contribution < 1.29 is 4.74 Å². The fourth-order valence-electron chi connectivity index (χ4n) is 3.20. The normalized spacial score (nSPS) is 20.4. The lowest BCUT2D eigenvalue weighted by Gasteiger charge is -2.20. The largest absolute Gasteiger partial charge is 0.495 e. The molecule has 1 fully saturated rings. The number of nitrogens with one attached hydrogen (secondary N) is 2. The van der Waals surface area contributed by atoms with E-state index in [1.807, 2.05) is 18.2 Å². The van der Waals surface area contributed by atoms with Gasteiger partial charge in [0, 0.05) is 18.3 Å². The smallest absolute Gasteiger partial charge is 0.139 e. The molecule has 3 rings (SSSR count). The third-order valence-corrected chi connectivity index (χ3v) is 4.85. The third kappa shape index (κ3) is 4.18. The van der Waals surface area contributed by atoms with Crippen molar-refractivity contribution in [1.29, 1.82) is 0 Å². The van der Waals surface area contributed by atoms with Gasteiger partial charge in [-0.2, -0.15) is 0 Å². The van der Waals surface area contributed by atoms with E-state index in [1.54, 1.807) is 7.11 Å². The van der Waals surface area contributed by atoms with Crippen LogP contribution >= 0.6 is 11.6 Å². The molecule has 0 saturated carbocycles. The van der Waals surface area contributed by atoms with Crippen molar-refractivity contribution in [3.05, 3.63) is 59.1 Å². The van der Waals surface area contributed by atoms with Gasteiger partial charge in [-0.05, 0) is 49.0 Å². The van der Waals surface area contributed by atoms with Gasteiger partial charge >= 0.3 is 0 Å². The number of anilines is 1. The monoisotopic (exact) mass is 330 g/mol. The maximum Gasteiger partial charge on any atom is 0.139 e. The number of methoxy groups -OCH3 is 1. The summed E-state index contributed by atoms with van der Waals surface area (Å²) in [5.41, 5.74) is 2.47. The number of halogens is 1. The number of rotatable bonds is 6. The molecule has 0 aliphatic carbocycles. The van der Waals surface area contributed by atoms with Crippen LogP contribution in [0.4, 0.5) is 5.69 Å². The Bertz CT molecular complexity index is 633. The summed E-state index contributed by atoms with van der Waals surface area (Å²) in [4.78, 5) is 0. The lowest BCUT2D eigenvalue weighted by Crippen LogP contribution is -2.23. The Hall–Kier alpha value is -1.71. The number of ether oxygens (including phenoxy) is 1. The molecule has 2 N–H and O–H groups in total. The summed E-state index contributed by atoms with van der Waals surface area (Å²) in [7, 11) is 1.64. The minimum absolute atomic E-state index is 0.622. The maximum atomic E-state index is 6.07. The molecular weight excluding hydrogens is 308 g/mol. The predicted octanol–water partition coefficient (Wildman–Crippen LogP) is 3.84. The van der Waals surface area contributed by atoms with Crippen LogP contribution in [0.15, 0.2) is 48.5 Å². The Kier molecular flexibility index (Phi) is 5.42. The fraction of sp³-hybridized carbons (Fsp3) is 0.368. The Morgan fingerprint density at radius 1 is 1.13 bits per heavy atom. The summed E-state index contributed by atoms with van der Waals surface area (Å²) in [6, 6.07) is 16.6. The average Bonchev–Trinajstić information content (AvgIpc) is 3.02. The SMILES string of the molecule is COc1cc(NC[C@H]2CNC[C@@H]2Cc2ccccc2)ccc1Cl. The fourth-order valence-corrected chi connectivity index (χ4v) is 3.40. The first-order valence-corrected chi connectivity index (χ1v) is 8.46. The summed E-state index contributed by atoms with van der Waals surface area (Å²) < 4.78 is 5.27. The number of hydrogen-bond donors (Lipinski definition) is 2. The molecule has 3 nitrogen and oxygen atoms in total. The van der Waals surface area contributed by atoms with Crippen molar-refractivity contribution in [2.45, 2.75) is 6.42 Å². The number of hydrogen-bond acceptors (Lipinski definition) is 3. The van der Waals surface area contributed by atoms with Crippen LogP contribution in [-0.4, -0.2) is 26.7 Å². The van der Waals surface area contributed by atoms with E-state index in [0.29, 0.717) is 22.6 Å². The first-order chi connectivity index (χ1) is 11.3. The van der Waals surface area contributed by atoms with Gasteiger partial charge in [0.15, 0.2) is 0 Å². The van der Waals surface area contributed by atoms with Gasteiger partial charge in [-0.3, -0.25) is 0 Å². The maximum absolute atomic E-state index is 6.07. The highest BCUT2D eigenvalue weighted by molar-refractivity contribution is 6.32. The molecule has 23 heavy (non-hydrogen) atoms. The van der Waals surface area contributed by atoms with Crippen molar-refractivity contribution in [3.63, 3.8) is 0 Å². The van der Waals surface area contributed by atoms with Crippen molar-refractivity contribution in [1.82, 2.24) is 5.32 Å². The quantitative estimate of drug-likeness (QED) is 0.844. The van der Waals surface area contributed by atoms with Crippen LogP contribution in [-0.2, 0) is 6.42 Å². The van der Waals surface area contributed by atoms with E-state index < -0.39 is 0 Å². The molecule has 1 heterocycles. The molecule has 0 unspecified atom stereocenters. The summed E-state index contributed by atoms with van der Waals surface area (Å²) >= 11 is 6.07. The molecule has 2 aromatic rings. The molecule has 0 radical (unpaired) electrons. The van der Waals surface area contributed by atoms with Gasteiger partial charge in [-0.15, -0.1) is 0 Å². The second-order valence-corrected chi connectivity index (χ2v) is 6.51. The van der Waals surface area contributed by atoms with Crippen molar-refractivity contribution >= 4 is 17.3 Å². The van der Waals surface area contributed by atoms with E-state index in [4.69, 9.17) is 16.3 Å². The Balaban J connectivity index is 1.58. The average molecular weight is 331 g/mol. The topological polar surface area (TPSA) is 33.3 Å². The Labute approximate surface area is 143 Å². The standard InChI is InChI=1S/C19H23ClN2O/c1-23-19-10-17(7-8-18(19)20)22-13-16-12-21-11-15(16)9-14-5-3-2-4-6-14/h2-8,10,15-16,21-22H,9,11-13H2,1H3/t15-,16+/m0/s1. The summed E-state index contributed by atoms with van der Waals surface area (Å²) in [5, 5.41) is 7.69. The minimum Gasteiger partial charge on any atom is -0.495 e. The highest BCUT2D eigenvalue weighted by Gasteiger charge is 2.26. The molecule has 4 heteroatoms. The van der Waals surface area contributed by atoms with E-state index in [2.05, 4.69) is 41.0 Å². The summed E-state index contributed by atoms with van der Waals surface area (Å²) in [6.45, 7) is 3.11. The van der Waals surface area contributed by atoms with Crippen LogP contribution in [0.3, 0.4) is 0 Å². The van der Waals surface area contributed by atoms with E-state index >= 15 is 0 Å². The zero-order chi connectivity index (χ0) is 16.1. The van der Waals surface area contributed by atoms with Gasteiger partial charge in [0.2, 0.25) is 0 Å². The molecule has 0 amide bonds. The third-order valence-electron chi connectivity index (χ3n) is 4.54. The van der Waals surface area contributed by atoms with Crippen LogP contribution < -0.4 is 15.4 Å². The van der Waals surface area contributed by atoms with Gasteiger partial charge in [-0.25, -0.2) is 0 Å². The van der Waals surface area contributed by atoms with Crippen LogP contribution in [0, 0.1) is 11.8 Å². The van der Waals surface area contributed by atoms with E-state index in [0.717, 1.165) is 31.7 Å². The molecule has 1 aliphatic heterocycles. The molecule has 122 valence electrons. The Morgan fingerprint density at radius 2 is 1.91 bits per heavy atom. The van der Waals surface area contributed by atoms with E-state index in [-0.39, 0.29) is 0 Å². The summed E-state index contributed by atoms with van der Waals surface area (Å²) in [5.74, 6) is 2.00. The predicted molar refractivity (Wildman–Crippen MR) is 96.5 cm³/mol. The lowest BCUT2D eigenvalue weighted by molar-refractivity contribution is 0.415. The van der Waals surface area contributed by atoms with Crippen molar-refractivity contribution in [2.24, 2.45) is 11.8 Å². The van der Waals surface area contributed by atoms with Gasteiger partial charge < -0.3 is 15.4 Å². The summed E-state index contributed by atoms with van der Waals surface area (Å²) in [6.07, 6.45) is 1.13. The second kappa shape index (κ2) is 7.71. The molecule has 2 atom stereocenters. The number of benzene rings is 2.